The lowest BCUT2D eigenvalue weighted by Gasteiger charge is -2.16. The number of phenols is 1. The lowest BCUT2D eigenvalue weighted by atomic mass is 10.1. The standard InChI is InChI=1S/C17H23NO4/c1-3-5-9-18-14-11-12(19)7-8-13(14)16(15(20)17(18)21)22-10-6-4-2/h7-8,11,19-20H,3-6,9-10H2,1-2H3. The predicted molar refractivity (Wildman–Crippen MR) is 86.8 cm³/mol. The number of ether oxygens (including phenoxy) is 1. The minimum Gasteiger partial charge on any atom is -0.508 e. The number of aromatic hydroxyl groups is 2. The van der Waals surface area contributed by atoms with Crippen LogP contribution in [0.5, 0.6) is 17.2 Å². The minimum atomic E-state index is -0.474. The van der Waals surface area contributed by atoms with Crippen molar-refractivity contribution in [3.8, 4) is 17.2 Å². The van der Waals surface area contributed by atoms with Crippen molar-refractivity contribution in [2.24, 2.45) is 0 Å². The highest BCUT2D eigenvalue weighted by Gasteiger charge is 2.17. The maximum Gasteiger partial charge on any atom is 0.297 e. The summed E-state index contributed by atoms with van der Waals surface area (Å²) >= 11 is 0. The molecule has 0 bridgehead atoms. The molecule has 0 saturated heterocycles. The lowest BCUT2D eigenvalue weighted by Crippen LogP contribution is -2.21. The summed E-state index contributed by atoms with van der Waals surface area (Å²) in [5.41, 5.74) is 0.112. The average molecular weight is 305 g/mol. The molecule has 2 N–H and O–H groups in total. The number of nitrogens with zero attached hydrogens (tertiary/aromatic N) is 1. The Morgan fingerprint density at radius 1 is 1.14 bits per heavy atom. The first-order valence-electron chi connectivity index (χ1n) is 7.81. The summed E-state index contributed by atoms with van der Waals surface area (Å²) in [7, 11) is 0. The molecule has 0 aliphatic carbocycles. The van der Waals surface area contributed by atoms with Crippen LogP contribution in [0.15, 0.2) is 23.0 Å². The van der Waals surface area contributed by atoms with Crippen molar-refractivity contribution >= 4 is 10.9 Å². The number of pyridine rings is 1. The molecule has 120 valence electrons. The van der Waals surface area contributed by atoms with E-state index in [0.29, 0.717) is 24.1 Å². The molecular weight excluding hydrogens is 282 g/mol. The van der Waals surface area contributed by atoms with Crippen molar-refractivity contribution in [2.45, 2.75) is 46.1 Å². The third-order valence-corrected chi connectivity index (χ3v) is 3.66. The molecular formula is C17H23NO4. The molecule has 0 atom stereocenters. The van der Waals surface area contributed by atoms with Gasteiger partial charge in [0.1, 0.15) is 5.75 Å². The highest BCUT2D eigenvalue weighted by Crippen LogP contribution is 2.33. The Hall–Kier alpha value is -2.17. The first-order chi connectivity index (χ1) is 10.6. The number of aryl methyl sites for hydroxylation is 1. The van der Waals surface area contributed by atoms with Crippen molar-refractivity contribution in [3.05, 3.63) is 28.6 Å². The van der Waals surface area contributed by atoms with Gasteiger partial charge in [-0.1, -0.05) is 26.7 Å². The second-order valence-corrected chi connectivity index (χ2v) is 5.39. The Kier molecular flexibility index (Phi) is 5.31. The van der Waals surface area contributed by atoms with E-state index >= 15 is 0 Å². The number of unbranched alkanes of at least 4 members (excludes halogenated alkanes) is 2. The Morgan fingerprint density at radius 3 is 2.55 bits per heavy atom. The summed E-state index contributed by atoms with van der Waals surface area (Å²) < 4.78 is 7.13. The maximum absolute atomic E-state index is 12.4. The minimum absolute atomic E-state index is 0.0855. The lowest BCUT2D eigenvalue weighted by molar-refractivity contribution is 0.293. The second kappa shape index (κ2) is 7.20. The van der Waals surface area contributed by atoms with E-state index in [-0.39, 0.29) is 17.2 Å². The van der Waals surface area contributed by atoms with Gasteiger partial charge in [-0.25, -0.2) is 0 Å². The molecule has 5 heteroatoms. The summed E-state index contributed by atoms with van der Waals surface area (Å²) in [5.74, 6) is -0.0612. The fraction of sp³-hybridized carbons (Fsp3) is 0.471. The average Bonchev–Trinajstić information content (AvgIpc) is 2.51. The van der Waals surface area contributed by atoms with Gasteiger partial charge < -0.3 is 19.5 Å². The van der Waals surface area contributed by atoms with Gasteiger partial charge in [-0.05, 0) is 25.0 Å². The highest BCUT2D eigenvalue weighted by atomic mass is 16.5. The zero-order valence-corrected chi connectivity index (χ0v) is 13.1. The van der Waals surface area contributed by atoms with Gasteiger partial charge in [-0.3, -0.25) is 4.79 Å². The van der Waals surface area contributed by atoms with E-state index in [9.17, 15) is 15.0 Å². The third kappa shape index (κ3) is 3.18. The number of hydrogen-bond donors (Lipinski definition) is 2. The SMILES string of the molecule is CCCCOc1c(O)c(=O)n(CCCC)c2cc(O)ccc12. The van der Waals surface area contributed by atoms with Crippen molar-refractivity contribution in [1.29, 1.82) is 0 Å². The molecule has 2 rings (SSSR count). The van der Waals surface area contributed by atoms with Crippen LogP contribution in [0.1, 0.15) is 39.5 Å². The monoisotopic (exact) mass is 305 g/mol. The predicted octanol–water partition coefficient (Wildman–Crippen LogP) is 3.39. The van der Waals surface area contributed by atoms with E-state index in [1.165, 1.54) is 10.6 Å². The third-order valence-electron chi connectivity index (χ3n) is 3.66. The summed E-state index contributed by atoms with van der Waals surface area (Å²) in [4.78, 5) is 12.4. The Bertz CT molecular complexity index is 706. The van der Waals surface area contributed by atoms with Gasteiger partial charge >= 0.3 is 0 Å². The topological polar surface area (TPSA) is 71.7 Å². The van der Waals surface area contributed by atoms with Crippen LogP contribution in [-0.4, -0.2) is 21.4 Å². The van der Waals surface area contributed by atoms with Gasteiger partial charge in [0, 0.05) is 18.0 Å². The first kappa shape index (κ1) is 16.2. The fourth-order valence-electron chi connectivity index (χ4n) is 2.40. The van der Waals surface area contributed by atoms with Crippen LogP contribution in [0.25, 0.3) is 10.9 Å². The van der Waals surface area contributed by atoms with Crippen LogP contribution >= 0.6 is 0 Å². The van der Waals surface area contributed by atoms with Gasteiger partial charge in [0.25, 0.3) is 5.56 Å². The van der Waals surface area contributed by atoms with Crippen molar-refractivity contribution in [2.75, 3.05) is 6.61 Å². The van der Waals surface area contributed by atoms with E-state index in [0.717, 1.165) is 25.7 Å². The number of aromatic nitrogens is 1. The highest BCUT2D eigenvalue weighted by molar-refractivity contribution is 5.88. The van der Waals surface area contributed by atoms with Crippen molar-refractivity contribution in [3.63, 3.8) is 0 Å². The molecule has 0 spiro atoms. The van der Waals surface area contributed by atoms with Crippen LogP contribution in [0.3, 0.4) is 0 Å². The van der Waals surface area contributed by atoms with E-state index < -0.39 is 5.56 Å². The van der Waals surface area contributed by atoms with Crippen LogP contribution < -0.4 is 10.3 Å². The van der Waals surface area contributed by atoms with Crippen LogP contribution in [0.4, 0.5) is 0 Å². The largest absolute Gasteiger partial charge is 0.508 e. The van der Waals surface area contributed by atoms with Crippen molar-refractivity contribution < 1.29 is 14.9 Å². The fourth-order valence-corrected chi connectivity index (χ4v) is 2.40. The Balaban J connectivity index is 2.61. The number of rotatable bonds is 7. The molecule has 0 unspecified atom stereocenters. The molecule has 0 radical (unpaired) electrons. The summed E-state index contributed by atoms with van der Waals surface area (Å²) in [6, 6.07) is 4.75. The number of fused-ring (bicyclic) bond motifs is 1. The summed E-state index contributed by atoms with van der Waals surface area (Å²) in [6.45, 7) is 5.02. The zero-order chi connectivity index (χ0) is 16.1. The van der Waals surface area contributed by atoms with Crippen molar-refractivity contribution in [1.82, 2.24) is 4.57 Å². The van der Waals surface area contributed by atoms with Crippen LogP contribution in [0, 0.1) is 0 Å². The molecule has 0 amide bonds. The Labute approximate surface area is 129 Å². The molecule has 1 heterocycles. The van der Waals surface area contributed by atoms with E-state index in [1.807, 2.05) is 13.8 Å². The molecule has 0 aliphatic rings. The Morgan fingerprint density at radius 2 is 1.86 bits per heavy atom. The number of hydrogen-bond acceptors (Lipinski definition) is 4. The molecule has 0 fully saturated rings. The molecule has 0 saturated carbocycles. The van der Waals surface area contributed by atoms with Gasteiger partial charge in [0.15, 0.2) is 5.75 Å². The normalized spacial score (nSPS) is 11.0. The van der Waals surface area contributed by atoms with E-state index in [4.69, 9.17) is 4.74 Å². The molecule has 2 aromatic rings. The number of benzene rings is 1. The summed E-state index contributed by atoms with van der Waals surface area (Å²) in [5, 5.41) is 20.6. The van der Waals surface area contributed by atoms with Gasteiger partial charge in [-0.15, -0.1) is 0 Å². The molecule has 0 aliphatic heterocycles. The zero-order valence-electron chi connectivity index (χ0n) is 13.1. The number of phenolic OH excluding ortho intramolecular Hbond substituents is 1. The molecule has 22 heavy (non-hydrogen) atoms. The van der Waals surface area contributed by atoms with Gasteiger partial charge in [0.2, 0.25) is 5.75 Å². The first-order valence-corrected chi connectivity index (χ1v) is 7.81. The van der Waals surface area contributed by atoms with E-state index in [1.54, 1.807) is 12.1 Å². The molecule has 5 nitrogen and oxygen atoms in total. The van der Waals surface area contributed by atoms with Gasteiger partial charge in [-0.2, -0.15) is 0 Å². The van der Waals surface area contributed by atoms with Gasteiger partial charge in [0.05, 0.1) is 12.1 Å². The molecule has 1 aromatic heterocycles. The molecule has 1 aromatic carbocycles. The van der Waals surface area contributed by atoms with Crippen LogP contribution in [-0.2, 0) is 6.54 Å². The van der Waals surface area contributed by atoms with E-state index in [2.05, 4.69) is 0 Å². The summed E-state index contributed by atoms with van der Waals surface area (Å²) in [6.07, 6.45) is 3.56. The maximum atomic E-state index is 12.4. The quantitative estimate of drug-likeness (QED) is 0.769. The van der Waals surface area contributed by atoms with Crippen LogP contribution in [0.2, 0.25) is 0 Å². The smallest absolute Gasteiger partial charge is 0.297 e. The second-order valence-electron chi connectivity index (χ2n) is 5.39.